The summed E-state index contributed by atoms with van der Waals surface area (Å²) in [4.78, 5) is 12.0. The molecule has 4 rings (SSSR count). The molecule has 2 nitrogen and oxygen atoms in total. The van der Waals surface area contributed by atoms with Gasteiger partial charge in [0.2, 0.25) is 0 Å². The monoisotopic (exact) mass is 476 g/mol. The van der Waals surface area contributed by atoms with Crippen LogP contribution in [0.3, 0.4) is 0 Å². The molecule has 3 heteroatoms. The number of allylic oxidation sites excluding steroid dienone is 1. The minimum Gasteiger partial charge on any atom is -0.461 e. The van der Waals surface area contributed by atoms with Crippen LogP contribution in [0.25, 0.3) is 0 Å². The summed E-state index contributed by atoms with van der Waals surface area (Å²) in [6.45, 7) is 9.24. The number of ether oxygens (including phenoxy) is 1. The van der Waals surface area contributed by atoms with Crippen molar-refractivity contribution in [2.75, 3.05) is 0 Å². The average molecular weight is 477 g/mol. The maximum absolute atomic E-state index is 12.0. The van der Waals surface area contributed by atoms with Gasteiger partial charge in [-0.2, -0.15) is 0 Å². The number of carbonyl (C=O) groups excluding carboxylic acids is 1. The van der Waals surface area contributed by atoms with Gasteiger partial charge in [0.05, 0.1) is 0 Å². The topological polar surface area (TPSA) is 26.3 Å². The number of unbranched alkanes of at least 4 members (excludes halogenated alkanes) is 5. The van der Waals surface area contributed by atoms with Crippen LogP contribution in [0.2, 0.25) is 0 Å². The van der Waals surface area contributed by atoms with Crippen molar-refractivity contribution >= 4 is 17.6 Å². The molecule has 0 unspecified atom stereocenters. The van der Waals surface area contributed by atoms with Crippen molar-refractivity contribution in [2.24, 2.45) is 34.5 Å². The van der Waals surface area contributed by atoms with Crippen LogP contribution in [0.15, 0.2) is 11.6 Å². The van der Waals surface area contributed by atoms with Crippen LogP contribution in [0.1, 0.15) is 124 Å². The molecule has 0 saturated heterocycles. The Morgan fingerprint density at radius 1 is 1.06 bits per heavy atom. The summed E-state index contributed by atoms with van der Waals surface area (Å²) >= 11 is 5.95. The van der Waals surface area contributed by atoms with E-state index in [1.54, 1.807) is 12.5 Å². The molecule has 0 aromatic rings. The fourth-order valence-corrected chi connectivity index (χ4v) is 8.79. The van der Waals surface area contributed by atoms with Crippen LogP contribution in [0.5, 0.6) is 0 Å². The largest absolute Gasteiger partial charge is 0.461 e. The summed E-state index contributed by atoms with van der Waals surface area (Å²) in [5.41, 5.74) is 2.48. The van der Waals surface area contributed by atoms with E-state index < -0.39 is 5.38 Å². The van der Waals surface area contributed by atoms with E-state index in [4.69, 9.17) is 16.3 Å². The molecule has 0 aromatic heterocycles. The van der Waals surface area contributed by atoms with Gasteiger partial charge in [0.1, 0.15) is 11.5 Å². The second-order valence-corrected chi connectivity index (χ2v) is 13.2. The molecule has 0 radical (unpaired) electrons. The Labute approximate surface area is 208 Å². The van der Waals surface area contributed by atoms with Crippen molar-refractivity contribution in [3.8, 4) is 0 Å². The molecule has 0 aromatic carbocycles. The smallest absolute Gasteiger partial charge is 0.324 e. The third-order valence-corrected chi connectivity index (χ3v) is 10.9. The van der Waals surface area contributed by atoms with Gasteiger partial charge in [-0.15, -0.1) is 11.6 Å². The molecule has 188 valence electrons. The average Bonchev–Trinajstić information content (AvgIpc) is 3.12. The summed E-state index contributed by atoms with van der Waals surface area (Å²) in [7, 11) is 0. The first-order valence-electron chi connectivity index (χ1n) is 14.3. The number of rotatable bonds is 9. The highest BCUT2D eigenvalue weighted by Gasteiger charge is 2.58. The highest BCUT2D eigenvalue weighted by Crippen LogP contribution is 2.66. The van der Waals surface area contributed by atoms with Gasteiger partial charge < -0.3 is 4.74 Å². The molecule has 0 heterocycles. The quantitative estimate of drug-likeness (QED) is 0.144. The van der Waals surface area contributed by atoms with E-state index in [1.807, 2.05) is 0 Å². The molecule has 0 bridgehead atoms. The number of alkyl halides is 1. The summed E-state index contributed by atoms with van der Waals surface area (Å²) < 4.78 is 5.74. The van der Waals surface area contributed by atoms with Gasteiger partial charge in [-0.05, 0) is 92.8 Å². The van der Waals surface area contributed by atoms with Crippen LogP contribution in [0.4, 0.5) is 0 Å². The zero-order chi connectivity index (χ0) is 23.6. The fourth-order valence-electron chi connectivity index (χ4n) is 8.74. The summed E-state index contributed by atoms with van der Waals surface area (Å²) in [6.07, 6.45) is 22.7. The molecule has 0 spiro atoms. The van der Waals surface area contributed by atoms with E-state index in [1.165, 1.54) is 83.5 Å². The third kappa shape index (κ3) is 5.07. The fraction of sp³-hybridized carbons (Fsp3) is 0.900. The highest BCUT2D eigenvalue weighted by molar-refractivity contribution is 6.29. The molecule has 8 atom stereocenters. The number of carbonyl (C=O) groups is 1. The minimum absolute atomic E-state index is 0.0246. The van der Waals surface area contributed by atoms with Crippen molar-refractivity contribution in [3.05, 3.63) is 11.6 Å². The molecule has 4 aliphatic carbocycles. The van der Waals surface area contributed by atoms with E-state index in [9.17, 15) is 4.79 Å². The van der Waals surface area contributed by atoms with Crippen LogP contribution in [-0.2, 0) is 9.53 Å². The Hall–Kier alpha value is -0.500. The molecule has 0 N–H and O–H groups in total. The summed E-state index contributed by atoms with van der Waals surface area (Å²) in [5, 5.41) is -0.550. The van der Waals surface area contributed by atoms with Gasteiger partial charge >= 0.3 is 5.97 Å². The molecule has 4 aliphatic rings. The lowest BCUT2D eigenvalue weighted by molar-refractivity contribution is -0.150. The van der Waals surface area contributed by atoms with Gasteiger partial charge in [0.25, 0.3) is 0 Å². The number of halogens is 1. The molecule has 0 amide bonds. The van der Waals surface area contributed by atoms with Crippen LogP contribution >= 0.6 is 11.6 Å². The molecule has 3 saturated carbocycles. The third-order valence-electron chi connectivity index (χ3n) is 10.8. The van der Waals surface area contributed by atoms with E-state index in [2.05, 4.69) is 26.8 Å². The van der Waals surface area contributed by atoms with Crippen LogP contribution < -0.4 is 0 Å². The maximum atomic E-state index is 12.0. The van der Waals surface area contributed by atoms with Crippen molar-refractivity contribution in [2.45, 2.75) is 135 Å². The molecular weight excluding hydrogens is 428 g/mol. The lowest BCUT2D eigenvalue weighted by Gasteiger charge is -2.58. The molecular formula is C30H49ClO2. The SMILES string of the molecule is CCCCCCCC[C@@H]1CC[C@H]2[C@H]3CC=C4C[C@@H](OC(=O)[C@@H](C)Cl)CC[C@]4(C)[C@@H]3CC[C@]12C. The lowest BCUT2D eigenvalue weighted by atomic mass is 9.47. The lowest BCUT2D eigenvalue weighted by Crippen LogP contribution is -2.50. The van der Waals surface area contributed by atoms with Crippen molar-refractivity contribution in [3.63, 3.8) is 0 Å². The van der Waals surface area contributed by atoms with E-state index in [0.29, 0.717) is 10.8 Å². The molecule has 3 fully saturated rings. The molecule has 33 heavy (non-hydrogen) atoms. The number of esters is 1. The van der Waals surface area contributed by atoms with Gasteiger partial charge in [0, 0.05) is 6.42 Å². The predicted molar refractivity (Wildman–Crippen MR) is 138 cm³/mol. The minimum atomic E-state index is -0.550. The first-order valence-corrected chi connectivity index (χ1v) is 14.8. The van der Waals surface area contributed by atoms with Crippen molar-refractivity contribution < 1.29 is 9.53 Å². The first-order chi connectivity index (χ1) is 15.8. The Morgan fingerprint density at radius 2 is 1.82 bits per heavy atom. The second-order valence-electron chi connectivity index (χ2n) is 12.6. The summed E-state index contributed by atoms with van der Waals surface area (Å²) in [5.74, 6) is 3.32. The number of hydrogen-bond acceptors (Lipinski definition) is 2. The number of hydrogen-bond donors (Lipinski definition) is 0. The number of fused-ring (bicyclic) bond motifs is 5. The van der Waals surface area contributed by atoms with Gasteiger partial charge in [0.15, 0.2) is 0 Å². The Balaban J connectivity index is 1.38. The Kier molecular flexibility index (Phi) is 8.24. The first kappa shape index (κ1) is 25.6. The Bertz CT molecular complexity index is 714. The van der Waals surface area contributed by atoms with Crippen molar-refractivity contribution in [1.82, 2.24) is 0 Å². The normalized spacial score (nSPS) is 40.9. The van der Waals surface area contributed by atoms with E-state index in [0.717, 1.165) is 36.5 Å². The van der Waals surface area contributed by atoms with Crippen LogP contribution in [-0.4, -0.2) is 17.5 Å². The van der Waals surface area contributed by atoms with Crippen molar-refractivity contribution in [1.29, 1.82) is 0 Å². The van der Waals surface area contributed by atoms with E-state index in [-0.39, 0.29) is 12.1 Å². The van der Waals surface area contributed by atoms with Gasteiger partial charge in [-0.3, -0.25) is 4.79 Å². The second kappa shape index (κ2) is 10.6. The van der Waals surface area contributed by atoms with E-state index >= 15 is 0 Å². The highest BCUT2D eigenvalue weighted by atomic mass is 35.5. The zero-order valence-corrected chi connectivity index (χ0v) is 22.6. The maximum Gasteiger partial charge on any atom is 0.324 e. The van der Waals surface area contributed by atoms with Gasteiger partial charge in [-0.1, -0.05) is 70.9 Å². The van der Waals surface area contributed by atoms with Crippen LogP contribution in [0, 0.1) is 34.5 Å². The van der Waals surface area contributed by atoms with Gasteiger partial charge in [-0.25, -0.2) is 0 Å². The molecule has 0 aliphatic heterocycles. The summed E-state index contributed by atoms with van der Waals surface area (Å²) in [6, 6.07) is 0. The predicted octanol–water partition coefficient (Wildman–Crippen LogP) is 8.86. The standard InChI is InChI=1S/C30H49ClO2/c1-5-6-7-8-9-10-11-22-13-15-26-25-14-12-23-20-24(33-28(32)21(2)31)16-18-30(23,4)27(25)17-19-29(22,26)3/h12,21-22,24-27H,5-11,13-20H2,1-4H3/t21-,22-,24+,25-,26+,27-,29-,30+/m1/s1. The Morgan fingerprint density at radius 3 is 2.58 bits per heavy atom. The zero-order valence-electron chi connectivity index (χ0n) is 21.8.